The average Bonchev–Trinajstić information content (AvgIpc) is 2.77. The van der Waals surface area contributed by atoms with E-state index < -0.39 is 6.10 Å². The summed E-state index contributed by atoms with van der Waals surface area (Å²) in [6.45, 7) is 1.86. The van der Waals surface area contributed by atoms with E-state index in [-0.39, 0.29) is 0 Å². The van der Waals surface area contributed by atoms with Crippen LogP contribution in [0.4, 0.5) is 0 Å². The second kappa shape index (κ2) is 3.51. The van der Waals surface area contributed by atoms with Crippen molar-refractivity contribution in [1.82, 2.24) is 14.8 Å². The molecule has 2 aromatic rings. The molecule has 4 nitrogen and oxygen atoms in total. The summed E-state index contributed by atoms with van der Waals surface area (Å²) in [5.41, 5.74) is 0.866. The van der Waals surface area contributed by atoms with Crippen LogP contribution in [-0.4, -0.2) is 19.9 Å². The largest absolute Gasteiger partial charge is 0.380 e. The number of aliphatic hydroxyl groups excluding tert-OH is 1. The standard InChI is InChI=1S/C9H11N3OS/c1-6-10-11-9(12(6)2)8(13)7-3-4-14-5-7/h3-5,8,13H,1-2H3. The van der Waals surface area contributed by atoms with Gasteiger partial charge in [-0.15, -0.1) is 10.2 Å². The van der Waals surface area contributed by atoms with E-state index in [0.717, 1.165) is 11.4 Å². The normalized spacial score (nSPS) is 13.1. The maximum Gasteiger partial charge on any atom is 0.166 e. The van der Waals surface area contributed by atoms with Gasteiger partial charge in [0.05, 0.1) is 0 Å². The maximum absolute atomic E-state index is 9.96. The third kappa shape index (κ3) is 1.44. The van der Waals surface area contributed by atoms with Gasteiger partial charge in [0, 0.05) is 7.05 Å². The Hall–Kier alpha value is -1.20. The first kappa shape index (κ1) is 9.36. The van der Waals surface area contributed by atoms with Crippen LogP contribution in [0, 0.1) is 6.92 Å². The van der Waals surface area contributed by atoms with Gasteiger partial charge in [-0.25, -0.2) is 0 Å². The summed E-state index contributed by atoms with van der Waals surface area (Å²) in [4.78, 5) is 0. The van der Waals surface area contributed by atoms with Crippen molar-refractivity contribution in [3.05, 3.63) is 34.0 Å². The van der Waals surface area contributed by atoms with E-state index in [0.29, 0.717) is 5.82 Å². The van der Waals surface area contributed by atoms with Gasteiger partial charge >= 0.3 is 0 Å². The summed E-state index contributed by atoms with van der Waals surface area (Å²) < 4.78 is 1.79. The molecule has 0 fully saturated rings. The fraction of sp³-hybridized carbons (Fsp3) is 0.333. The molecule has 1 unspecified atom stereocenters. The summed E-state index contributed by atoms with van der Waals surface area (Å²) >= 11 is 1.56. The van der Waals surface area contributed by atoms with Crippen LogP contribution in [0.25, 0.3) is 0 Å². The van der Waals surface area contributed by atoms with Crippen molar-refractivity contribution in [3.63, 3.8) is 0 Å². The summed E-state index contributed by atoms with van der Waals surface area (Å²) in [5.74, 6) is 1.38. The van der Waals surface area contributed by atoms with Crippen LogP contribution in [0.15, 0.2) is 16.8 Å². The lowest BCUT2D eigenvalue weighted by atomic mass is 10.2. The van der Waals surface area contributed by atoms with Gasteiger partial charge in [-0.05, 0) is 29.3 Å². The van der Waals surface area contributed by atoms with Crippen molar-refractivity contribution in [2.75, 3.05) is 0 Å². The molecule has 0 aliphatic carbocycles. The van der Waals surface area contributed by atoms with E-state index in [4.69, 9.17) is 0 Å². The zero-order chi connectivity index (χ0) is 10.1. The molecule has 0 radical (unpaired) electrons. The van der Waals surface area contributed by atoms with E-state index in [1.54, 1.807) is 15.9 Å². The van der Waals surface area contributed by atoms with Gasteiger partial charge in [0.25, 0.3) is 0 Å². The molecule has 0 spiro atoms. The number of aryl methyl sites for hydroxylation is 1. The number of hydrogen-bond acceptors (Lipinski definition) is 4. The van der Waals surface area contributed by atoms with Crippen molar-refractivity contribution in [2.24, 2.45) is 7.05 Å². The molecule has 1 N–H and O–H groups in total. The first-order valence-corrected chi connectivity index (χ1v) is 5.20. The molecular weight excluding hydrogens is 198 g/mol. The Labute approximate surface area is 85.8 Å². The number of rotatable bonds is 2. The molecule has 1 atom stereocenters. The van der Waals surface area contributed by atoms with E-state index >= 15 is 0 Å². The summed E-state index contributed by atoms with van der Waals surface area (Å²) in [6, 6.07) is 1.89. The molecule has 0 amide bonds. The van der Waals surface area contributed by atoms with Crippen molar-refractivity contribution in [1.29, 1.82) is 0 Å². The minimum absolute atomic E-state index is 0.584. The molecule has 2 aromatic heterocycles. The quantitative estimate of drug-likeness (QED) is 0.810. The minimum atomic E-state index is -0.674. The van der Waals surface area contributed by atoms with Crippen LogP contribution in [0.1, 0.15) is 23.3 Å². The molecule has 0 saturated carbocycles. The molecule has 0 aliphatic rings. The number of aromatic nitrogens is 3. The molecule has 74 valence electrons. The van der Waals surface area contributed by atoms with E-state index in [9.17, 15) is 5.11 Å². The fourth-order valence-corrected chi connectivity index (χ4v) is 1.92. The Balaban J connectivity index is 2.36. The molecule has 0 saturated heterocycles. The van der Waals surface area contributed by atoms with Crippen LogP contribution in [0.5, 0.6) is 0 Å². The van der Waals surface area contributed by atoms with E-state index in [1.807, 2.05) is 30.8 Å². The third-order valence-electron chi connectivity index (χ3n) is 2.23. The lowest BCUT2D eigenvalue weighted by Gasteiger charge is -2.07. The van der Waals surface area contributed by atoms with Crippen molar-refractivity contribution in [3.8, 4) is 0 Å². The maximum atomic E-state index is 9.96. The third-order valence-corrected chi connectivity index (χ3v) is 2.93. The van der Waals surface area contributed by atoms with E-state index in [2.05, 4.69) is 10.2 Å². The van der Waals surface area contributed by atoms with Gasteiger partial charge in [0.1, 0.15) is 11.9 Å². The zero-order valence-corrected chi connectivity index (χ0v) is 8.82. The van der Waals surface area contributed by atoms with Crippen LogP contribution < -0.4 is 0 Å². The fourth-order valence-electron chi connectivity index (χ4n) is 1.24. The second-order valence-electron chi connectivity index (χ2n) is 3.12. The molecule has 0 aromatic carbocycles. The highest BCUT2D eigenvalue weighted by molar-refractivity contribution is 7.07. The van der Waals surface area contributed by atoms with Gasteiger partial charge in [0.15, 0.2) is 5.82 Å². The van der Waals surface area contributed by atoms with Crippen molar-refractivity contribution >= 4 is 11.3 Å². The Kier molecular flexibility index (Phi) is 2.35. The Morgan fingerprint density at radius 2 is 2.29 bits per heavy atom. The van der Waals surface area contributed by atoms with E-state index in [1.165, 1.54) is 0 Å². The topological polar surface area (TPSA) is 50.9 Å². The monoisotopic (exact) mass is 209 g/mol. The van der Waals surface area contributed by atoms with Crippen LogP contribution in [0.2, 0.25) is 0 Å². The van der Waals surface area contributed by atoms with Crippen LogP contribution >= 0.6 is 11.3 Å². The molecule has 14 heavy (non-hydrogen) atoms. The highest BCUT2D eigenvalue weighted by Crippen LogP contribution is 2.22. The van der Waals surface area contributed by atoms with Crippen molar-refractivity contribution < 1.29 is 5.11 Å². The minimum Gasteiger partial charge on any atom is -0.380 e. The number of aliphatic hydroxyl groups is 1. The number of hydrogen-bond donors (Lipinski definition) is 1. The number of thiophene rings is 1. The van der Waals surface area contributed by atoms with Gasteiger partial charge in [-0.3, -0.25) is 0 Å². The Morgan fingerprint density at radius 3 is 2.79 bits per heavy atom. The first-order valence-electron chi connectivity index (χ1n) is 4.26. The Morgan fingerprint density at radius 1 is 1.50 bits per heavy atom. The summed E-state index contributed by atoms with van der Waals surface area (Å²) in [6.07, 6.45) is -0.674. The molecular formula is C9H11N3OS. The van der Waals surface area contributed by atoms with Gasteiger partial charge in [-0.2, -0.15) is 11.3 Å². The smallest absolute Gasteiger partial charge is 0.166 e. The summed E-state index contributed by atoms with van der Waals surface area (Å²) in [5, 5.41) is 21.6. The van der Waals surface area contributed by atoms with Crippen molar-refractivity contribution in [2.45, 2.75) is 13.0 Å². The first-order chi connectivity index (χ1) is 6.70. The SMILES string of the molecule is Cc1nnc(C(O)c2ccsc2)n1C. The highest BCUT2D eigenvalue weighted by atomic mass is 32.1. The molecule has 0 aliphatic heterocycles. The highest BCUT2D eigenvalue weighted by Gasteiger charge is 2.17. The Bertz CT molecular complexity index is 421. The van der Waals surface area contributed by atoms with Gasteiger partial charge in [0.2, 0.25) is 0 Å². The molecule has 2 heterocycles. The molecule has 0 bridgehead atoms. The molecule has 5 heteroatoms. The summed E-state index contributed by atoms with van der Waals surface area (Å²) in [7, 11) is 1.85. The lowest BCUT2D eigenvalue weighted by molar-refractivity contribution is 0.206. The average molecular weight is 209 g/mol. The predicted octanol–water partition coefficient (Wildman–Crippen LogP) is 1.27. The second-order valence-corrected chi connectivity index (χ2v) is 3.90. The molecule has 2 rings (SSSR count). The van der Waals surface area contributed by atoms with Crippen LogP contribution in [0.3, 0.4) is 0 Å². The predicted molar refractivity (Wildman–Crippen MR) is 54.1 cm³/mol. The zero-order valence-electron chi connectivity index (χ0n) is 8.01. The lowest BCUT2D eigenvalue weighted by Crippen LogP contribution is -2.07. The van der Waals surface area contributed by atoms with Crippen LogP contribution in [-0.2, 0) is 7.05 Å². The van der Waals surface area contributed by atoms with Gasteiger partial charge in [-0.1, -0.05) is 0 Å². The van der Waals surface area contributed by atoms with Gasteiger partial charge < -0.3 is 9.67 Å². The number of nitrogens with zero attached hydrogens (tertiary/aromatic N) is 3.